The predicted octanol–water partition coefficient (Wildman–Crippen LogP) is 5.70. The summed E-state index contributed by atoms with van der Waals surface area (Å²) in [5.41, 5.74) is 3.13. The SMILES string of the molecule is COc1cc(Nc2nc3ccccc3nc2NS(=O)(=O)c2cccc(NCOCCNc3ccccc3OC)c2)cc(OC)c1. The Labute approximate surface area is 261 Å². The lowest BCUT2D eigenvalue weighted by Crippen LogP contribution is -2.17. The molecular formula is C32H34N6O6S. The van der Waals surface area contributed by atoms with E-state index in [0.717, 1.165) is 11.4 Å². The van der Waals surface area contributed by atoms with Gasteiger partial charge in [0.2, 0.25) is 0 Å². The third kappa shape index (κ3) is 8.02. The van der Waals surface area contributed by atoms with E-state index in [4.69, 9.17) is 18.9 Å². The zero-order valence-electron chi connectivity index (χ0n) is 25.0. The number of hydrogen-bond donors (Lipinski definition) is 4. The number of aromatic nitrogens is 2. The minimum Gasteiger partial charge on any atom is -0.497 e. The molecule has 1 aromatic heterocycles. The Hall–Kier alpha value is -5.27. The van der Waals surface area contributed by atoms with Gasteiger partial charge in [-0.3, -0.25) is 4.72 Å². The van der Waals surface area contributed by atoms with Gasteiger partial charge in [0.15, 0.2) is 11.6 Å². The molecule has 0 aliphatic heterocycles. The van der Waals surface area contributed by atoms with Crippen LogP contribution in [0.1, 0.15) is 0 Å². The van der Waals surface area contributed by atoms with Crippen LogP contribution in [0, 0.1) is 0 Å². The molecule has 13 heteroatoms. The summed E-state index contributed by atoms with van der Waals surface area (Å²) >= 11 is 0. The van der Waals surface area contributed by atoms with Gasteiger partial charge in [-0.1, -0.05) is 30.3 Å². The third-order valence-electron chi connectivity index (χ3n) is 6.61. The first-order valence-electron chi connectivity index (χ1n) is 14.0. The minimum absolute atomic E-state index is 0.0275. The van der Waals surface area contributed by atoms with Crippen molar-refractivity contribution < 1.29 is 27.4 Å². The van der Waals surface area contributed by atoms with Gasteiger partial charge in [0.25, 0.3) is 10.0 Å². The summed E-state index contributed by atoms with van der Waals surface area (Å²) in [6, 6.07) is 26.5. The lowest BCUT2D eigenvalue weighted by molar-refractivity contribution is 0.163. The number of ether oxygens (including phenoxy) is 4. The van der Waals surface area contributed by atoms with Crippen molar-refractivity contribution in [3.8, 4) is 17.2 Å². The fourth-order valence-corrected chi connectivity index (χ4v) is 5.44. The number of fused-ring (bicyclic) bond motifs is 1. The maximum Gasteiger partial charge on any atom is 0.263 e. The van der Waals surface area contributed by atoms with E-state index >= 15 is 0 Å². The summed E-state index contributed by atoms with van der Waals surface area (Å²) in [5, 5.41) is 9.52. The van der Waals surface area contributed by atoms with Crippen LogP contribution in [0.2, 0.25) is 0 Å². The maximum absolute atomic E-state index is 13.6. The van der Waals surface area contributed by atoms with Crippen LogP contribution < -0.4 is 34.9 Å². The Balaban J connectivity index is 1.28. The van der Waals surface area contributed by atoms with Crippen LogP contribution in [0.4, 0.5) is 28.7 Å². The Kier molecular flexibility index (Phi) is 10.0. The number of benzene rings is 4. The fourth-order valence-electron chi connectivity index (χ4n) is 4.39. The highest BCUT2D eigenvalue weighted by atomic mass is 32.2. The number of anilines is 5. The van der Waals surface area contributed by atoms with Gasteiger partial charge in [-0.2, -0.15) is 0 Å². The van der Waals surface area contributed by atoms with Crippen molar-refractivity contribution in [1.29, 1.82) is 0 Å². The summed E-state index contributed by atoms with van der Waals surface area (Å²) in [6.45, 7) is 1.16. The number of hydrogen-bond acceptors (Lipinski definition) is 11. The molecule has 0 unspecified atom stereocenters. The molecule has 0 atom stereocenters. The highest BCUT2D eigenvalue weighted by Gasteiger charge is 2.20. The van der Waals surface area contributed by atoms with Crippen LogP contribution in [0.25, 0.3) is 11.0 Å². The lowest BCUT2D eigenvalue weighted by atomic mass is 10.2. The van der Waals surface area contributed by atoms with E-state index in [0.29, 0.717) is 47.1 Å². The molecule has 234 valence electrons. The maximum atomic E-state index is 13.6. The molecule has 0 saturated carbocycles. The molecule has 4 N–H and O–H groups in total. The van der Waals surface area contributed by atoms with Crippen LogP contribution in [0.5, 0.6) is 17.2 Å². The minimum atomic E-state index is -4.07. The van der Waals surface area contributed by atoms with Gasteiger partial charge in [-0.05, 0) is 42.5 Å². The van der Waals surface area contributed by atoms with Crippen molar-refractivity contribution in [3.05, 3.63) is 91.0 Å². The van der Waals surface area contributed by atoms with E-state index < -0.39 is 10.0 Å². The first kappa shape index (κ1) is 31.2. The van der Waals surface area contributed by atoms with E-state index in [2.05, 4.69) is 30.6 Å². The van der Waals surface area contributed by atoms with Crippen LogP contribution >= 0.6 is 0 Å². The molecule has 0 spiro atoms. The van der Waals surface area contributed by atoms with Crippen molar-refractivity contribution in [2.45, 2.75) is 4.90 Å². The molecule has 0 aliphatic rings. The summed E-state index contributed by atoms with van der Waals surface area (Å²) < 4.78 is 51.5. The van der Waals surface area contributed by atoms with Gasteiger partial charge in [0.1, 0.15) is 24.0 Å². The zero-order chi connectivity index (χ0) is 31.6. The van der Waals surface area contributed by atoms with Gasteiger partial charge in [-0.25, -0.2) is 18.4 Å². The van der Waals surface area contributed by atoms with Crippen molar-refractivity contribution in [3.63, 3.8) is 0 Å². The number of sulfonamides is 1. The van der Waals surface area contributed by atoms with Gasteiger partial charge in [0.05, 0.1) is 49.6 Å². The van der Waals surface area contributed by atoms with Crippen LogP contribution in [-0.2, 0) is 14.8 Å². The molecule has 4 aromatic carbocycles. The molecule has 12 nitrogen and oxygen atoms in total. The normalized spacial score (nSPS) is 11.1. The zero-order valence-corrected chi connectivity index (χ0v) is 25.9. The molecule has 45 heavy (non-hydrogen) atoms. The quantitative estimate of drug-likeness (QED) is 0.0835. The number of methoxy groups -OCH3 is 3. The molecule has 0 bridgehead atoms. The summed E-state index contributed by atoms with van der Waals surface area (Å²) in [5.74, 6) is 2.08. The average Bonchev–Trinajstić information content (AvgIpc) is 3.06. The van der Waals surface area contributed by atoms with Crippen molar-refractivity contribution in [2.75, 3.05) is 61.9 Å². The third-order valence-corrected chi connectivity index (χ3v) is 7.94. The largest absolute Gasteiger partial charge is 0.497 e. The topological polar surface area (TPSA) is 145 Å². The average molecular weight is 631 g/mol. The lowest BCUT2D eigenvalue weighted by Gasteiger charge is -2.15. The second kappa shape index (κ2) is 14.5. The number of nitrogens with one attached hydrogen (secondary N) is 4. The van der Waals surface area contributed by atoms with E-state index in [1.165, 1.54) is 12.1 Å². The Morgan fingerprint density at radius 3 is 2.09 bits per heavy atom. The Bertz CT molecular complexity index is 1850. The molecular weight excluding hydrogens is 596 g/mol. The molecule has 5 rings (SSSR count). The predicted molar refractivity (Wildman–Crippen MR) is 176 cm³/mol. The summed E-state index contributed by atoms with van der Waals surface area (Å²) in [4.78, 5) is 9.26. The second-order valence-electron chi connectivity index (χ2n) is 9.63. The van der Waals surface area contributed by atoms with Crippen LogP contribution in [-0.4, -0.2) is 59.6 Å². The van der Waals surface area contributed by atoms with Gasteiger partial charge < -0.3 is 34.9 Å². The number of nitrogens with zero attached hydrogens (tertiary/aromatic N) is 2. The molecule has 1 heterocycles. The highest BCUT2D eigenvalue weighted by molar-refractivity contribution is 7.92. The van der Waals surface area contributed by atoms with E-state index in [1.807, 2.05) is 30.3 Å². The molecule has 0 aliphatic carbocycles. The molecule has 5 aromatic rings. The van der Waals surface area contributed by atoms with E-state index in [-0.39, 0.29) is 23.3 Å². The second-order valence-corrected chi connectivity index (χ2v) is 11.3. The van der Waals surface area contributed by atoms with Crippen molar-refractivity contribution >= 4 is 49.8 Å². The first-order chi connectivity index (χ1) is 21.9. The van der Waals surface area contributed by atoms with Crippen LogP contribution in [0.3, 0.4) is 0 Å². The standard InChI is InChI=1S/C32H34N6O6S/c1-41-24-17-23(18-25(20-24)42-2)35-31-32(37-28-12-5-4-11-27(28)36-31)38-45(39,40)26-10-8-9-22(19-26)34-21-44-16-15-33-29-13-6-7-14-30(29)43-3/h4-14,17-20,33-34H,15-16,21H2,1-3H3,(H,35,36)(H,37,38). The highest BCUT2D eigenvalue weighted by Crippen LogP contribution is 2.31. The van der Waals surface area contributed by atoms with Gasteiger partial charge in [-0.15, -0.1) is 0 Å². The fraction of sp³-hybridized carbons (Fsp3) is 0.188. The molecule has 0 saturated heterocycles. The van der Waals surface area contributed by atoms with Crippen molar-refractivity contribution in [2.24, 2.45) is 0 Å². The summed E-state index contributed by atoms with van der Waals surface area (Å²) in [6.07, 6.45) is 0. The monoisotopic (exact) mass is 630 g/mol. The molecule has 0 amide bonds. The Morgan fingerprint density at radius 2 is 1.38 bits per heavy atom. The Morgan fingerprint density at radius 1 is 0.689 bits per heavy atom. The molecule has 0 radical (unpaired) electrons. The van der Waals surface area contributed by atoms with E-state index in [9.17, 15) is 8.42 Å². The van der Waals surface area contributed by atoms with Gasteiger partial charge >= 0.3 is 0 Å². The first-order valence-corrected chi connectivity index (χ1v) is 15.4. The van der Waals surface area contributed by atoms with Crippen LogP contribution in [0.15, 0.2) is 95.9 Å². The number of rotatable bonds is 15. The van der Waals surface area contributed by atoms with Crippen molar-refractivity contribution in [1.82, 2.24) is 9.97 Å². The summed E-state index contributed by atoms with van der Waals surface area (Å²) in [7, 11) is 0.646. The van der Waals surface area contributed by atoms with E-state index in [1.54, 1.807) is 69.9 Å². The smallest absolute Gasteiger partial charge is 0.263 e. The van der Waals surface area contributed by atoms with Gasteiger partial charge in [0, 0.05) is 36.1 Å². The number of para-hydroxylation sites is 4. The molecule has 0 fully saturated rings.